The summed E-state index contributed by atoms with van der Waals surface area (Å²) in [6.45, 7) is 1.62. The third-order valence-electron chi connectivity index (χ3n) is 3.88. The predicted molar refractivity (Wildman–Crippen MR) is 84.5 cm³/mol. The fourth-order valence-corrected chi connectivity index (χ4v) is 2.70. The Labute approximate surface area is 129 Å². The number of hydrogen-bond acceptors (Lipinski definition) is 4. The summed E-state index contributed by atoms with van der Waals surface area (Å²) in [7, 11) is 0. The number of phenolic OH excluding ortho intramolecular Hbond substituents is 1. The van der Waals surface area contributed by atoms with Gasteiger partial charge in [-0.15, -0.1) is 0 Å². The van der Waals surface area contributed by atoms with Gasteiger partial charge in [-0.1, -0.05) is 18.2 Å². The van der Waals surface area contributed by atoms with E-state index in [1.807, 2.05) is 30.3 Å². The summed E-state index contributed by atoms with van der Waals surface area (Å²) < 4.78 is 5.73. The smallest absolute Gasteiger partial charge is 0.171 e. The van der Waals surface area contributed by atoms with Crippen molar-refractivity contribution in [2.24, 2.45) is 5.92 Å². The summed E-state index contributed by atoms with van der Waals surface area (Å²) >= 11 is 0. The van der Waals surface area contributed by atoms with Gasteiger partial charge in [-0.25, -0.2) is 0 Å². The lowest BCUT2D eigenvalue weighted by Gasteiger charge is -2.22. The molecule has 4 nitrogen and oxygen atoms in total. The second kappa shape index (κ2) is 6.62. The summed E-state index contributed by atoms with van der Waals surface area (Å²) in [5, 5.41) is 13.2. The standard InChI is InChI=1S/C18H19NO3/c20-17-9-8-15(22-14-6-2-1-3-7-14)11-16(17)18(21)13-5-4-10-19-12-13/h1-3,6-9,11,13,19-20H,4-5,10,12H2. The number of hydrogen-bond donors (Lipinski definition) is 2. The molecule has 1 atom stereocenters. The average Bonchev–Trinajstić information content (AvgIpc) is 2.58. The Morgan fingerprint density at radius 3 is 2.68 bits per heavy atom. The number of para-hydroxylation sites is 1. The monoisotopic (exact) mass is 297 g/mol. The van der Waals surface area contributed by atoms with Crippen LogP contribution < -0.4 is 10.1 Å². The summed E-state index contributed by atoms with van der Waals surface area (Å²) in [4.78, 5) is 12.6. The molecule has 1 fully saturated rings. The van der Waals surface area contributed by atoms with E-state index in [1.54, 1.807) is 12.1 Å². The van der Waals surface area contributed by atoms with Crippen LogP contribution in [-0.2, 0) is 0 Å². The van der Waals surface area contributed by atoms with Gasteiger partial charge in [-0.2, -0.15) is 0 Å². The van der Waals surface area contributed by atoms with Crippen LogP contribution >= 0.6 is 0 Å². The van der Waals surface area contributed by atoms with Gasteiger partial charge in [0.2, 0.25) is 0 Å². The van der Waals surface area contributed by atoms with Crippen molar-refractivity contribution in [2.45, 2.75) is 12.8 Å². The number of benzene rings is 2. The van der Waals surface area contributed by atoms with Crippen molar-refractivity contribution in [1.29, 1.82) is 0 Å². The molecule has 0 aromatic heterocycles. The third kappa shape index (κ3) is 3.28. The summed E-state index contributed by atoms with van der Waals surface area (Å²) in [5.41, 5.74) is 0.335. The van der Waals surface area contributed by atoms with Crippen molar-refractivity contribution in [3.63, 3.8) is 0 Å². The molecule has 0 bridgehead atoms. The Morgan fingerprint density at radius 2 is 1.95 bits per heavy atom. The predicted octanol–water partition coefficient (Wildman–Crippen LogP) is 3.37. The molecule has 0 spiro atoms. The number of ketones is 1. The molecule has 114 valence electrons. The number of ether oxygens (including phenoxy) is 1. The molecule has 1 aliphatic rings. The maximum absolute atomic E-state index is 12.6. The van der Waals surface area contributed by atoms with Gasteiger partial charge >= 0.3 is 0 Å². The molecule has 2 N–H and O–H groups in total. The number of nitrogens with one attached hydrogen (secondary N) is 1. The lowest BCUT2D eigenvalue weighted by Crippen LogP contribution is -2.34. The molecular formula is C18H19NO3. The largest absolute Gasteiger partial charge is 0.507 e. The Balaban J connectivity index is 1.81. The zero-order valence-electron chi connectivity index (χ0n) is 12.3. The first-order valence-electron chi connectivity index (χ1n) is 7.55. The molecule has 4 heteroatoms. The Hall–Kier alpha value is -2.33. The van der Waals surface area contributed by atoms with E-state index in [1.165, 1.54) is 6.07 Å². The fraction of sp³-hybridized carbons (Fsp3) is 0.278. The number of rotatable bonds is 4. The molecule has 3 rings (SSSR count). The van der Waals surface area contributed by atoms with E-state index < -0.39 is 0 Å². The highest BCUT2D eigenvalue weighted by Crippen LogP contribution is 2.29. The first kappa shape index (κ1) is 14.6. The van der Waals surface area contributed by atoms with E-state index in [-0.39, 0.29) is 17.5 Å². The molecule has 0 amide bonds. The molecule has 2 aromatic rings. The second-order valence-electron chi connectivity index (χ2n) is 5.50. The number of carbonyl (C=O) groups excluding carboxylic acids is 1. The van der Waals surface area contributed by atoms with Gasteiger partial charge in [0.1, 0.15) is 17.2 Å². The lowest BCUT2D eigenvalue weighted by atomic mass is 9.90. The highest BCUT2D eigenvalue weighted by molar-refractivity contribution is 6.00. The number of aromatic hydroxyl groups is 1. The van der Waals surface area contributed by atoms with Gasteiger partial charge in [0.15, 0.2) is 5.78 Å². The van der Waals surface area contributed by atoms with Crippen LogP contribution in [0.5, 0.6) is 17.2 Å². The van der Waals surface area contributed by atoms with E-state index in [4.69, 9.17) is 4.74 Å². The Morgan fingerprint density at radius 1 is 1.14 bits per heavy atom. The quantitative estimate of drug-likeness (QED) is 0.850. The lowest BCUT2D eigenvalue weighted by molar-refractivity contribution is 0.0896. The minimum Gasteiger partial charge on any atom is -0.507 e. The van der Waals surface area contributed by atoms with Crippen molar-refractivity contribution in [3.8, 4) is 17.2 Å². The Kier molecular flexibility index (Phi) is 4.39. The van der Waals surface area contributed by atoms with Crippen LogP contribution in [-0.4, -0.2) is 24.0 Å². The third-order valence-corrected chi connectivity index (χ3v) is 3.88. The molecule has 0 radical (unpaired) electrons. The van der Waals surface area contributed by atoms with Gasteiger partial charge in [0, 0.05) is 12.5 Å². The van der Waals surface area contributed by atoms with Crippen LogP contribution in [0.15, 0.2) is 48.5 Å². The van der Waals surface area contributed by atoms with Gasteiger partial charge in [-0.3, -0.25) is 4.79 Å². The molecule has 0 aliphatic carbocycles. The zero-order valence-corrected chi connectivity index (χ0v) is 12.3. The minimum atomic E-state index is -0.0772. The van der Waals surface area contributed by atoms with E-state index in [0.717, 1.165) is 19.4 Å². The van der Waals surface area contributed by atoms with Crippen LogP contribution in [0.3, 0.4) is 0 Å². The average molecular weight is 297 g/mol. The Bertz CT molecular complexity index is 649. The van der Waals surface area contributed by atoms with Crippen molar-refractivity contribution in [3.05, 3.63) is 54.1 Å². The molecule has 1 heterocycles. The fourth-order valence-electron chi connectivity index (χ4n) is 2.70. The van der Waals surface area contributed by atoms with Crippen molar-refractivity contribution >= 4 is 5.78 Å². The van der Waals surface area contributed by atoms with E-state index >= 15 is 0 Å². The number of piperidine rings is 1. The highest BCUT2D eigenvalue weighted by Gasteiger charge is 2.24. The number of carbonyl (C=O) groups is 1. The molecule has 22 heavy (non-hydrogen) atoms. The van der Waals surface area contributed by atoms with Crippen molar-refractivity contribution < 1.29 is 14.6 Å². The minimum absolute atomic E-state index is 0.0102. The SMILES string of the molecule is O=C(c1cc(Oc2ccccc2)ccc1O)C1CCCNC1. The van der Waals surface area contributed by atoms with E-state index in [9.17, 15) is 9.90 Å². The summed E-state index contributed by atoms with van der Waals surface area (Å²) in [5.74, 6) is 1.16. The first-order valence-corrected chi connectivity index (χ1v) is 7.55. The topological polar surface area (TPSA) is 58.6 Å². The van der Waals surface area contributed by atoms with Crippen LogP contribution in [0.4, 0.5) is 0 Å². The number of Topliss-reactive ketones (excluding diaryl/α,β-unsaturated/α-hetero) is 1. The van der Waals surface area contributed by atoms with Crippen LogP contribution in [0.1, 0.15) is 23.2 Å². The maximum atomic E-state index is 12.6. The van der Waals surface area contributed by atoms with Gasteiger partial charge in [0.25, 0.3) is 0 Å². The molecule has 0 saturated carbocycles. The zero-order chi connectivity index (χ0) is 15.4. The molecule has 1 aliphatic heterocycles. The molecule has 1 unspecified atom stereocenters. The summed E-state index contributed by atoms with van der Waals surface area (Å²) in [6, 6.07) is 14.2. The van der Waals surface area contributed by atoms with Gasteiger partial charge in [0.05, 0.1) is 5.56 Å². The maximum Gasteiger partial charge on any atom is 0.171 e. The van der Waals surface area contributed by atoms with Gasteiger partial charge < -0.3 is 15.2 Å². The normalized spacial score (nSPS) is 17.9. The van der Waals surface area contributed by atoms with Gasteiger partial charge in [-0.05, 0) is 49.7 Å². The van der Waals surface area contributed by atoms with E-state index in [2.05, 4.69) is 5.32 Å². The van der Waals surface area contributed by atoms with Crippen molar-refractivity contribution in [1.82, 2.24) is 5.32 Å². The highest BCUT2D eigenvalue weighted by atomic mass is 16.5. The van der Waals surface area contributed by atoms with E-state index in [0.29, 0.717) is 23.6 Å². The second-order valence-corrected chi connectivity index (χ2v) is 5.50. The summed E-state index contributed by atoms with van der Waals surface area (Å²) in [6.07, 6.45) is 1.84. The molecule has 2 aromatic carbocycles. The first-order chi connectivity index (χ1) is 10.7. The number of phenols is 1. The van der Waals surface area contributed by atoms with Crippen LogP contribution in [0, 0.1) is 5.92 Å². The van der Waals surface area contributed by atoms with Crippen LogP contribution in [0.2, 0.25) is 0 Å². The molecule has 1 saturated heterocycles. The van der Waals surface area contributed by atoms with Crippen LogP contribution in [0.25, 0.3) is 0 Å². The van der Waals surface area contributed by atoms with Crippen molar-refractivity contribution in [2.75, 3.05) is 13.1 Å². The molecular weight excluding hydrogens is 278 g/mol.